The Bertz CT molecular complexity index is 750. The molecule has 0 fully saturated rings. The van der Waals surface area contributed by atoms with E-state index in [4.69, 9.17) is 11.2 Å². The minimum absolute atomic E-state index is 0.111. The number of rotatable bonds is 5. The van der Waals surface area contributed by atoms with Gasteiger partial charge >= 0.3 is 0 Å². The fourth-order valence-corrected chi connectivity index (χ4v) is 3.09. The predicted octanol–water partition coefficient (Wildman–Crippen LogP) is 2.96. The fourth-order valence-electron chi connectivity index (χ4n) is 2.02. The van der Waals surface area contributed by atoms with Crippen LogP contribution in [0.2, 0.25) is 0 Å². The van der Waals surface area contributed by atoms with Crippen molar-refractivity contribution in [2.45, 2.75) is 33.2 Å². The number of carbonyl (C=O) groups excluding carboxylic acids is 1. The maximum absolute atomic E-state index is 11.8. The summed E-state index contributed by atoms with van der Waals surface area (Å²) in [6, 6.07) is 5.82. The average molecular weight is 302 g/mol. The maximum Gasteiger partial charge on any atom is 0.248 e. The number of thiazole rings is 1. The normalized spacial score (nSPS) is 11.6. The number of benzene rings is 1. The van der Waals surface area contributed by atoms with E-state index in [0.717, 1.165) is 22.4 Å². The quantitative estimate of drug-likeness (QED) is 0.797. The second kappa shape index (κ2) is 7.09. The van der Waals surface area contributed by atoms with Crippen molar-refractivity contribution in [2.75, 3.05) is 6.61 Å². The van der Waals surface area contributed by atoms with Crippen LogP contribution in [0.5, 0.6) is 5.75 Å². The summed E-state index contributed by atoms with van der Waals surface area (Å²) >= 11 is 1.46. The van der Waals surface area contributed by atoms with Gasteiger partial charge in [-0.3, -0.25) is 4.79 Å². The third-order valence-corrected chi connectivity index (χ3v) is 3.94. The van der Waals surface area contributed by atoms with Crippen molar-refractivity contribution in [1.29, 1.82) is 0 Å². The lowest BCUT2D eigenvalue weighted by Crippen LogP contribution is -2.16. The van der Waals surface area contributed by atoms with Gasteiger partial charge in [-0.1, -0.05) is 24.2 Å². The number of carbonyl (C=O) groups is 1. The highest BCUT2D eigenvalue weighted by Crippen LogP contribution is 2.23. The molecule has 110 valence electrons. The highest BCUT2D eigenvalue weighted by molar-refractivity contribution is 7.16. The highest BCUT2D eigenvalue weighted by atomic mass is 32.1. The van der Waals surface area contributed by atoms with E-state index in [1.165, 1.54) is 11.3 Å². The molecule has 0 aliphatic heterocycles. The van der Waals surface area contributed by atoms with Crippen LogP contribution in [0.25, 0.3) is 10.2 Å². The summed E-state index contributed by atoms with van der Waals surface area (Å²) in [5, 5.41) is 0. The molecule has 0 aliphatic carbocycles. The number of hydrogen-bond donors (Lipinski definition) is 0. The predicted molar refractivity (Wildman–Crippen MR) is 85.3 cm³/mol. The molecular formula is C16H18N2O2S. The molecule has 1 aromatic carbocycles. The lowest BCUT2D eigenvalue weighted by molar-refractivity contribution is -0.118. The van der Waals surface area contributed by atoms with Gasteiger partial charge in [0.2, 0.25) is 5.91 Å². The number of ether oxygens (including phenoxy) is 1. The monoisotopic (exact) mass is 302 g/mol. The molecule has 0 N–H and O–H groups in total. The molecule has 0 unspecified atom stereocenters. The summed E-state index contributed by atoms with van der Waals surface area (Å²) in [5.74, 6) is 3.31. The average Bonchev–Trinajstić information content (AvgIpc) is 2.77. The van der Waals surface area contributed by atoms with Crippen molar-refractivity contribution in [1.82, 2.24) is 4.57 Å². The first-order valence-corrected chi connectivity index (χ1v) is 7.78. The number of hydrogen-bond acceptors (Lipinski definition) is 3. The molecule has 2 aromatic rings. The second-order valence-corrected chi connectivity index (χ2v) is 5.50. The Balaban J connectivity index is 2.56. The van der Waals surface area contributed by atoms with E-state index < -0.39 is 0 Å². The van der Waals surface area contributed by atoms with Crippen LogP contribution in [-0.2, 0) is 11.3 Å². The molecule has 0 bridgehead atoms. The number of terminal acetylenes is 1. The van der Waals surface area contributed by atoms with Crippen molar-refractivity contribution in [3.05, 3.63) is 23.0 Å². The van der Waals surface area contributed by atoms with Crippen LogP contribution in [0.3, 0.4) is 0 Å². The van der Waals surface area contributed by atoms with Gasteiger partial charge in [0.1, 0.15) is 5.75 Å². The minimum Gasteiger partial charge on any atom is -0.494 e. The van der Waals surface area contributed by atoms with Crippen molar-refractivity contribution in [2.24, 2.45) is 4.99 Å². The zero-order valence-corrected chi connectivity index (χ0v) is 13.1. The Kier molecular flexibility index (Phi) is 5.18. The summed E-state index contributed by atoms with van der Waals surface area (Å²) in [5.41, 5.74) is 0.976. The van der Waals surface area contributed by atoms with Crippen molar-refractivity contribution in [3.8, 4) is 18.1 Å². The van der Waals surface area contributed by atoms with Crippen molar-refractivity contribution < 1.29 is 9.53 Å². The number of fused-ring (bicyclic) bond motifs is 1. The van der Waals surface area contributed by atoms with Crippen LogP contribution < -0.4 is 9.54 Å². The van der Waals surface area contributed by atoms with Gasteiger partial charge in [-0.05, 0) is 31.5 Å². The first-order chi connectivity index (χ1) is 10.2. The van der Waals surface area contributed by atoms with Crippen LogP contribution in [0.15, 0.2) is 23.2 Å². The third-order valence-electron chi connectivity index (χ3n) is 2.90. The molecule has 0 radical (unpaired) electrons. The molecule has 0 spiro atoms. The van der Waals surface area contributed by atoms with E-state index in [9.17, 15) is 4.79 Å². The van der Waals surface area contributed by atoms with E-state index in [-0.39, 0.29) is 5.91 Å². The molecular weight excluding hydrogens is 284 g/mol. The van der Waals surface area contributed by atoms with Crippen molar-refractivity contribution in [3.63, 3.8) is 0 Å². The van der Waals surface area contributed by atoms with Gasteiger partial charge in [0.25, 0.3) is 0 Å². The Labute approximate surface area is 128 Å². The first kappa shape index (κ1) is 15.3. The Morgan fingerprint density at radius 2 is 2.29 bits per heavy atom. The summed E-state index contributed by atoms with van der Waals surface area (Å²) in [7, 11) is 0. The minimum atomic E-state index is -0.111. The largest absolute Gasteiger partial charge is 0.494 e. The van der Waals surface area contributed by atoms with E-state index in [0.29, 0.717) is 24.4 Å². The van der Waals surface area contributed by atoms with E-state index in [1.807, 2.05) is 36.6 Å². The van der Waals surface area contributed by atoms with Gasteiger partial charge < -0.3 is 9.30 Å². The lowest BCUT2D eigenvalue weighted by atomic mass is 10.3. The third kappa shape index (κ3) is 3.53. The standard InChI is InChI=1S/C16H18N2O2S/c1-4-7-15(19)17-16-18(10-5-2)13-9-8-12(20-6-3)11-14(13)21-16/h2,8-9,11H,4,6-7,10H2,1,3H3. The van der Waals surface area contributed by atoms with Crippen LogP contribution in [0.4, 0.5) is 0 Å². The summed E-state index contributed by atoms with van der Waals surface area (Å²) < 4.78 is 8.41. The summed E-state index contributed by atoms with van der Waals surface area (Å²) in [6.45, 7) is 4.92. The molecule has 1 aromatic heterocycles. The smallest absolute Gasteiger partial charge is 0.248 e. The van der Waals surface area contributed by atoms with E-state index >= 15 is 0 Å². The number of amides is 1. The van der Waals surface area contributed by atoms with Gasteiger partial charge in [-0.15, -0.1) is 6.42 Å². The second-order valence-electron chi connectivity index (χ2n) is 4.49. The highest BCUT2D eigenvalue weighted by Gasteiger charge is 2.08. The Morgan fingerprint density at radius 3 is 2.95 bits per heavy atom. The van der Waals surface area contributed by atoms with E-state index in [1.54, 1.807) is 0 Å². The zero-order valence-electron chi connectivity index (χ0n) is 12.3. The van der Waals surface area contributed by atoms with Crippen LogP contribution in [-0.4, -0.2) is 17.1 Å². The lowest BCUT2D eigenvalue weighted by Gasteiger charge is -2.03. The molecule has 4 nitrogen and oxygen atoms in total. The Hall–Kier alpha value is -2.06. The molecule has 21 heavy (non-hydrogen) atoms. The Morgan fingerprint density at radius 1 is 1.48 bits per heavy atom. The molecule has 1 amide bonds. The van der Waals surface area contributed by atoms with Gasteiger partial charge in [0.05, 0.1) is 23.4 Å². The van der Waals surface area contributed by atoms with Gasteiger partial charge in [-0.25, -0.2) is 0 Å². The molecule has 5 heteroatoms. The van der Waals surface area contributed by atoms with E-state index in [2.05, 4.69) is 10.9 Å². The molecule has 0 aliphatic rings. The molecule has 0 atom stereocenters. The zero-order chi connectivity index (χ0) is 15.2. The maximum atomic E-state index is 11.8. The fraction of sp³-hybridized carbons (Fsp3) is 0.375. The number of aromatic nitrogens is 1. The van der Waals surface area contributed by atoms with Gasteiger partial charge in [-0.2, -0.15) is 4.99 Å². The summed E-state index contributed by atoms with van der Waals surface area (Å²) in [4.78, 5) is 16.6. The van der Waals surface area contributed by atoms with Gasteiger partial charge in [0.15, 0.2) is 4.80 Å². The first-order valence-electron chi connectivity index (χ1n) is 6.96. The van der Waals surface area contributed by atoms with Crippen molar-refractivity contribution >= 4 is 27.5 Å². The van der Waals surface area contributed by atoms with Gasteiger partial charge in [0, 0.05) is 6.42 Å². The van der Waals surface area contributed by atoms with Crippen LogP contribution in [0.1, 0.15) is 26.7 Å². The molecule has 0 saturated carbocycles. The summed E-state index contributed by atoms with van der Waals surface area (Å²) in [6.07, 6.45) is 6.67. The SMILES string of the molecule is C#CCn1c(=NC(=O)CCC)sc2cc(OCC)ccc21. The molecule has 0 saturated heterocycles. The van der Waals surface area contributed by atoms with Crippen LogP contribution >= 0.6 is 11.3 Å². The van der Waals surface area contributed by atoms with Crippen LogP contribution in [0, 0.1) is 12.3 Å². The molecule has 2 rings (SSSR count). The number of nitrogens with zero attached hydrogens (tertiary/aromatic N) is 2. The molecule has 1 heterocycles. The topological polar surface area (TPSA) is 43.6 Å².